The van der Waals surface area contributed by atoms with E-state index < -0.39 is 15.0 Å². The van der Waals surface area contributed by atoms with Crippen molar-refractivity contribution in [3.05, 3.63) is 77.4 Å². The molecule has 0 radical (unpaired) electrons. The van der Waals surface area contributed by atoms with E-state index >= 15 is 0 Å². The first-order chi connectivity index (χ1) is 12.4. The number of fused-ring (bicyclic) bond motifs is 2. The fourth-order valence-electron chi connectivity index (χ4n) is 3.24. The highest BCUT2D eigenvalue weighted by Crippen LogP contribution is 2.30. The largest absolute Gasteiger partial charge is 0.270 e. The maximum absolute atomic E-state index is 13.0. The molecule has 1 aliphatic rings. The van der Waals surface area contributed by atoms with Crippen molar-refractivity contribution >= 4 is 42.3 Å². The fourth-order valence-corrected chi connectivity index (χ4v) is 4.33. The third kappa shape index (κ3) is 2.58. The van der Waals surface area contributed by atoms with Crippen LogP contribution < -0.4 is 0 Å². The van der Waals surface area contributed by atoms with Gasteiger partial charge in [-0.2, -0.15) is 0 Å². The first-order valence-electron chi connectivity index (χ1n) is 7.78. The molecule has 2 amide bonds. The predicted octanol–water partition coefficient (Wildman–Crippen LogP) is 3.56. The van der Waals surface area contributed by atoms with Crippen molar-refractivity contribution in [2.45, 2.75) is 11.4 Å². The smallest absolute Gasteiger partial charge is 0.261 e. The molecule has 0 spiro atoms. The topological polar surface area (TPSA) is 71.5 Å². The summed E-state index contributed by atoms with van der Waals surface area (Å²) in [7, 11) is 1.54. The number of hydrogen-bond donors (Lipinski definition) is 0. The molecule has 0 fully saturated rings. The van der Waals surface area contributed by atoms with Crippen LogP contribution >= 0.6 is 10.7 Å². The monoisotopic (exact) mass is 385 g/mol. The SMILES string of the molecule is O=C1c2ccccc2CN1C(=O)c1cccc2c(S(=O)(=O)Cl)cccc12. The Morgan fingerprint density at radius 2 is 1.62 bits per heavy atom. The van der Waals surface area contributed by atoms with Crippen LogP contribution in [0.1, 0.15) is 26.3 Å². The van der Waals surface area contributed by atoms with Gasteiger partial charge in [-0.1, -0.05) is 42.5 Å². The minimum atomic E-state index is -3.96. The summed E-state index contributed by atoms with van der Waals surface area (Å²) in [6, 6.07) is 16.3. The highest BCUT2D eigenvalue weighted by Gasteiger charge is 2.33. The number of amides is 2. The minimum Gasteiger partial charge on any atom is -0.270 e. The van der Waals surface area contributed by atoms with E-state index in [2.05, 4.69) is 0 Å². The molecule has 3 aromatic carbocycles. The molecule has 0 bridgehead atoms. The zero-order chi connectivity index (χ0) is 18.5. The van der Waals surface area contributed by atoms with Crippen molar-refractivity contribution in [2.75, 3.05) is 0 Å². The van der Waals surface area contributed by atoms with Crippen molar-refractivity contribution in [1.29, 1.82) is 0 Å². The van der Waals surface area contributed by atoms with Gasteiger partial charge in [0.25, 0.3) is 20.9 Å². The van der Waals surface area contributed by atoms with E-state index in [9.17, 15) is 18.0 Å². The molecule has 3 aromatic rings. The maximum Gasteiger partial charge on any atom is 0.261 e. The summed E-state index contributed by atoms with van der Waals surface area (Å²) < 4.78 is 23.6. The molecule has 0 aromatic heterocycles. The normalized spacial score (nSPS) is 13.9. The Morgan fingerprint density at radius 3 is 2.35 bits per heavy atom. The number of nitrogens with zero attached hydrogens (tertiary/aromatic N) is 1. The molecule has 0 aliphatic carbocycles. The number of carbonyl (C=O) groups excluding carboxylic acids is 2. The summed E-state index contributed by atoms with van der Waals surface area (Å²) in [4.78, 5) is 26.7. The Labute approximate surface area is 154 Å². The van der Waals surface area contributed by atoms with Crippen LogP contribution in [0.2, 0.25) is 0 Å². The van der Waals surface area contributed by atoms with E-state index in [-0.39, 0.29) is 22.9 Å². The third-order valence-electron chi connectivity index (χ3n) is 4.44. The second-order valence-electron chi connectivity index (χ2n) is 5.95. The van der Waals surface area contributed by atoms with E-state index in [1.54, 1.807) is 36.4 Å². The second kappa shape index (κ2) is 5.93. The lowest BCUT2D eigenvalue weighted by Crippen LogP contribution is -2.31. The molecule has 0 unspecified atom stereocenters. The van der Waals surface area contributed by atoms with Crippen molar-refractivity contribution in [1.82, 2.24) is 4.90 Å². The summed E-state index contributed by atoms with van der Waals surface area (Å²) in [5, 5.41) is 0.778. The van der Waals surface area contributed by atoms with Crippen LogP contribution in [0.3, 0.4) is 0 Å². The van der Waals surface area contributed by atoms with Crippen molar-refractivity contribution in [2.24, 2.45) is 0 Å². The molecular formula is C19H12ClNO4S. The van der Waals surface area contributed by atoms with Gasteiger partial charge in [-0.15, -0.1) is 0 Å². The lowest BCUT2D eigenvalue weighted by molar-refractivity contribution is 0.0632. The zero-order valence-corrected chi connectivity index (χ0v) is 14.9. The van der Waals surface area contributed by atoms with Crippen LogP contribution in [0.4, 0.5) is 0 Å². The molecule has 0 N–H and O–H groups in total. The Hall–Kier alpha value is -2.70. The van der Waals surface area contributed by atoms with Gasteiger partial charge in [-0.3, -0.25) is 14.5 Å². The number of carbonyl (C=O) groups is 2. The van der Waals surface area contributed by atoms with Gasteiger partial charge in [0.15, 0.2) is 0 Å². The van der Waals surface area contributed by atoms with Crippen LogP contribution in [0, 0.1) is 0 Å². The summed E-state index contributed by atoms with van der Waals surface area (Å²) in [5.41, 5.74) is 1.55. The average Bonchev–Trinajstić information content (AvgIpc) is 2.96. The molecular weight excluding hydrogens is 374 g/mol. The lowest BCUT2D eigenvalue weighted by Gasteiger charge is -2.15. The molecule has 1 aliphatic heterocycles. The predicted molar refractivity (Wildman–Crippen MR) is 97.6 cm³/mol. The number of imide groups is 1. The molecule has 0 saturated carbocycles. The number of halogens is 1. The van der Waals surface area contributed by atoms with Crippen molar-refractivity contribution in [3.63, 3.8) is 0 Å². The lowest BCUT2D eigenvalue weighted by atomic mass is 10.0. The summed E-state index contributed by atoms with van der Waals surface area (Å²) in [6.45, 7) is 0.192. The Balaban J connectivity index is 1.84. The molecule has 0 saturated heterocycles. The fraction of sp³-hybridized carbons (Fsp3) is 0.0526. The van der Waals surface area contributed by atoms with Gasteiger partial charge < -0.3 is 0 Å². The quantitative estimate of drug-likeness (QED) is 0.499. The Morgan fingerprint density at radius 1 is 0.923 bits per heavy atom. The Kier molecular flexibility index (Phi) is 3.82. The van der Waals surface area contributed by atoms with Gasteiger partial charge in [0.2, 0.25) is 0 Å². The Bertz CT molecular complexity index is 1190. The molecule has 5 nitrogen and oxygen atoms in total. The average molecular weight is 386 g/mol. The van der Waals surface area contributed by atoms with Crippen LogP contribution in [0.25, 0.3) is 10.8 Å². The highest BCUT2D eigenvalue weighted by atomic mass is 35.7. The van der Waals surface area contributed by atoms with Gasteiger partial charge in [0.05, 0.1) is 11.4 Å². The van der Waals surface area contributed by atoms with Crippen LogP contribution in [-0.4, -0.2) is 25.1 Å². The summed E-state index contributed by atoms with van der Waals surface area (Å²) in [6.07, 6.45) is 0. The van der Waals surface area contributed by atoms with E-state index in [4.69, 9.17) is 10.7 Å². The zero-order valence-electron chi connectivity index (χ0n) is 13.3. The van der Waals surface area contributed by atoms with Gasteiger partial charge in [-0.05, 0) is 29.1 Å². The molecule has 26 heavy (non-hydrogen) atoms. The van der Waals surface area contributed by atoms with Gasteiger partial charge >= 0.3 is 0 Å². The van der Waals surface area contributed by atoms with Gasteiger partial charge in [0, 0.05) is 27.2 Å². The molecule has 0 atom stereocenters. The van der Waals surface area contributed by atoms with Gasteiger partial charge in [-0.25, -0.2) is 8.42 Å². The highest BCUT2D eigenvalue weighted by molar-refractivity contribution is 8.14. The minimum absolute atomic E-state index is 0.0673. The number of rotatable bonds is 2. The van der Waals surface area contributed by atoms with Crippen LogP contribution in [0.15, 0.2) is 65.6 Å². The van der Waals surface area contributed by atoms with Crippen LogP contribution in [0.5, 0.6) is 0 Å². The van der Waals surface area contributed by atoms with E-state index in [1.807, 2.05) is 12.1 Å². The second-order valence-corrected chi connectivity index (χ2v) is 8.48. The summed E-state index contributed by atoms with van der Waals surface area (Å²) >= 11 is 0. The van der Waals surface area contributed by atoms with Crippen molar-refractivity contribution < 1.29 is 18.0 Å². The molecule has 4 rings (SSSR count). The number of hydrogen-bond acceptors (Lipinski definition) is 4. The van der Waals surface area contributed by atoms with E-state index in [0.29, 0.717) is 16.3 Å². The van der Waals surface area contributed by atoms with Gasteiger partial charge in [0.1, 0.15) is 0 Å². The molecule has 7 heteroatoms. The molecule has 1 heterocycles. The molecule has 130 valence electrons. The third-order valence-corrected chi connectivity index (χ3v) is 5.82. The van der Waals surface area contributed by atoms with E-state index in [1.165, 1.54) is 17.0 Å². The summed E-state index contributed by atoms with van der Waals surface area (Å²) in [5.74, 6) is -0.829. The number of benzene rings is 3. The van der Waals surface area contributed by atoms with E-state index in [0.717, 1.165) is 5.56 Å². The van der Waals surface area contributed by atoms with Crippen LogP contribution in [-0.2, 0) is 15.6 Å². The van der Waals surface area contributed by atoms with Crippen molar-refractivity contribution in [3.8, 4) is 0 Å². The standard InChI is InChI=1S/C19H12ClNO4S/c20-26(24,25)17-10-4-7-14-15(17)8-3-9-16(14)19(23)21-11-12-5-1-2-6-13(12)18(21)22/h1-10H,11H2. The first kappa shape index (κ1) is 16.8. The first-order valence-corrected chi connectivity index (χ1v) is 10.1. The maximum atomic E-state index is 13.0.